The Bertz CT molecular complexity index is 2860. The van der Waals surface area contributed by atoms with Crippen LogP contribution in [-0.4, -0.2) is 40.9 Å². The van der Waals surface area contributed by atoms with Gasteiger partial charge in [0.15, 0.2) is 23.0 Å². The average molecular weight is 675 g/mol. The second kappa shape index (κ2) is 10.6. The molecular formula is C42H26O9. The average Bonchev–Trinajstić information content (AvgIpc) is 3.52. The topological polar surface area (TPSA) is 175 Å². The van der Waals surface area contributed by atoms with Crippen molar-refractivity contribution in [3.63, 3.8) is 0 Å². The van der Waals surface area contributed by atoms with Crippen LogP contribution in [0, 0.1) is 0 Å². The van der Waals surface area contributed by atoms with Gasteiger partial charge in [0, 0.05) is 43.4 Å². The van der Waals surface area contributed by atoms with E-state index in [0.717, 1.165) is 21.7 Å². The highest BCUT2D eigenvalue weighted by molar-refractivity contribution is 6.30. The van der Waals surface area contributed by atoms with Crippen molar-refractivity contribution in [2.24, 2.45) is 0 Å². The van der Waals surface area contributed by atoms with E-state index in [1.54, 1.807) is 42.5 Å². The first-order valence-electron chi connectivity index (χ1n) is 15.9. The van der Waals surface area contributed by atoms with Crippen molar-refractivity contribution >= 4 is 54.3 Å². The van der Waals surface area contributed by atoms with Crippen LogP contribution in [0.2, 0.25) is 0 Å². The first-order chi connectivity index (χ1) is 24.7. The third kappa shape index (κ3) is 4.09. The Hall–Kier alpha value is -7.26. The van der Waals surface area contributed by atoms with E-state index < -0.39 is 46.0 Å². The second-order valence-electron chi connectivity index (χ2n) is 12.5. The smallest absolute Gasteiger partial charge is 0.204 e. The lowest BCUT2D eigenvalue weighted by Gasteiger charge is -2.23. The highest BCUT2D eigenvalue weighted by Crippen LogP contribution is 2.62. The molecule has 9 aromatic rings. The maximum Gasteiger partial charge on any atom is 0.204 e. The summed E-state index contributed by atoms with van der Waals surface area (Å²) < 4.78 is 6.19. The van der Waals surface area contributed by atoms with E-state index in [1.165, 1.54) is 0 Å². The molecule has 9 rings (SSSR count). The predicted octanol–water partition coefficient (Wildman–Crippen LogP) is 9.69. The van der Waals surface area contributed by atoms with Crippen LogP contribution in [0.5, 0.6) is 46.0 Å². The van der Waals surface area contributed by atoms with Gasteiger partial charge in [-0.15, -0.1) is 0 Å². The Morgan fingerprint density at radius 1 is 0.333 bits per heavy atom. The number of fused-ring (bicyclic) bond motifs is 6. The van der Waals surface area contributed by atoms with E-state index in [1.807, 2.05) is 66.7 Å². The standard InChI is InChI=1S/C42H26O9/c43-35-31-29(22-14-15-27-25(17-22)26-16-20-10-4-5-11-21(20)18-28(26)51-27)32-34(38(46)42(50)40(48)36(32)44)30(33(31)37(45)41(49)39(35)47)24-13-7-6-12-23(24)19-8-2-1-3-9-19/h1-18,43-50H. The monoisotopic (exact) mass is 674 g/mol. The Morgan fingerprint density at radius 3 is 1.39 bits per heavy atom. The highest BCUT2D eigenvalue weighted by Gasteiger charge is 2.33. The summed E-state index contributed by atoms with van der Waals surface area (Å²) in [7, 11) is 0. The molecule has 0 aliphatic rings. The number of furan rings is 1. The zero-order valence-corrected chi connectivity index (χ0v) is 26.4. The zero-order valence-electron chi connectivity index (χ0n) is 26.4. The molecular weight excluding hydrogens is 648 g/mol. The minimum atomic E-state index is -1.03. The van der Waals surface area contributed by atoms with Crippen molar-refractivity contribution in [2.75, 3.05) is 0 Å². The van der Waals surface area contributed by atoms with Crippen LogP contribution in [0.3, 0.4) is 0 Å². The lowest BCUT2D eigenvalue weighted by Crippen LogP contribution is -1.95. The maximum absolute atomic E-state index is 11.7. The third-order valence-corrected chi connectivity index (χ3v) is 9.70. The molecule has 9 heteroatoms. The van der Waals surface area contributed by atoms with Crippen molar-refractivity contribution in [3.8, 4) is 79.4 Å². The largest absolute Gasteiger partial charge is 0.504 e. The number of benzene rings is 8. The van der Waals surface area contributed by atoms with Crippen LogP contribution in [-0.2, 0) is 0 Å². The number of hydrogen-bond acceptors (Lipinski definition) is 9. The fourth-order valence-corrected chi connectivity index (χ4v) is 7.37. The Balaban J connectivity index is 1.52. The summed E-state index contributed by atoms with van der Waals surface area (Å²) in [5, 5.41) is 93.0. The lowest BCUT2D eigenvalue weighted by molar-refractivity contribution is 0.350. The highest BCUT2D eigenvalue weighted by atomic mass is 16.4. The third-order valence-electron chi connectivity index (χ3n) is 9.70. The van der Waals surface area contributed by atoms with Gasteiger partial charge in [0.2, 0.25) is 23.0 Å². The van der Waals surface area contributed by atoms with E-state index >= 15 is 0 Å². The van der Waals surface area contributed by atoms with E-state index in [-0.39, 0.29) is 32.7 Å². The molecule has 0 fully saturated rings. The second-order valence-corrected chi connectivity index (χ2v) is 12.5. The van der Waals surface area contributed by atoms with Crippen LogP contribution < -0.4 is 0 Å². The van der Waals surface area contributed by atoms with Gasteiger partial charge in [-0.1, -0.05) is 84.9 Å². The first kappa shape index (κ1) is 29.8. The van der Waals surface area contributed by atoms with Crippen molar-refractivity contribution < 1.29 is 45.3 Å². The van der Waals surface area contributed by atoms with Gasteiger partial charge < -0.3 is 45.3 Å². The predicted molar refractivity (Wildman–Crippen MR) is 196 cm³/mol. The summed E-state index contributed by atoms with van der Waals surface area (Å²) in [6.07, 6.45) is 0. The molecule has 0 saturated carbocycles. The molecule has 248 valence electrons. The van der Waals surface area contributed by atoms with E-state index in [2.05, 4.69) is 0 Å². The molecule has 0 spiro atoms. The number of hydrogen-bond donors (Lipinski definition) is 8. The molecule has 0 radical (unpaired) electrons. The van der Waals surface area contributed by atoms with Gasteiger partial charge in [0.05, 0.1) is 0 Å². The molecule has 0 amide bonds. The SMILES string of the molecule is Oc1c(O)c(O)c2c(-c3ccccc3-c3ccccc3)c3c(O)c(O)c(O)c(O)c3c(-c3ccc4oc5cc6ccccc6cc5c4c3)c2c1O. The van der Waals surface area contributed by atoms with Gasteiger partial charge in [-0.05, 0) is 57.3 Å². The minimum absolute atomic E-state index is 0.0179. The van der Waals surface area contributed by atoms with Gasteiger partial charge in [-0.3, -0.25) is 0 Å². The van der Waals surface area contributed by atoms with Crippen molar-refractivity contribution in [1.29, 1.82) is 0 Å². The van der Waals surface area contributed by atoms with Crippen molar-refractivity contribution in [3.05, 3.63) is 109 Å². The fraction of sp³-hybridized carbons (Fsp3) is 0. The van der Waals surface area contributed by atoms with Gasteiger partial charge >= 0.3 is 0 Å². The molecule has 0 atom stereocenters. The molecule has 1 aromatic heterocycles. The normalized spacial score (nSPS) is 11.8. The van der Waals surface area contributed by atoms with Crippen LogP contribution in [0.1, 0.15) is 0 Å². The molecule has 51 heavy (non-hydrogen) atoms. The maximum atomic E-state index is 11.7. The van der Waals surface area contributed by atoms with Gasteiger partial charge in [0.25, 0.3) is 0 Å². The summed E-state index contributed by atoms with van der Waals surface area (Å²) in [6, 6.07) is 32.8. The molecule has 8 N–H and O–H groups in total. The number of phenols is 8. The molecule has 1 heterocycles. The molecule has 8 aromatic carbocycles. The summed E-state index contributed by atoms with van der Waals surface area (Å²) in [4.78, 5) is 0. The van der Waals surface area contributed by atoms with Gasteiger partial charge in [0.1, 0.15) is 11.2 Å². The molecule has 0 unspecified atom stereocenters. The summed E-state index contributed by atoms with van der Waals surface area (Å²) in [5.74, 6) is -7.48. The van der Waals surface area contributed by atoms with E-state index in [9.17, 15) is 40.9 Å². The Labute approximate surface area is 287 Å². The molecule has 9 nitrogen and oxygen atoms in total. The Morgan fingerprint density at radius 2 is 0.804 bits per heavy atom. The molecule has 0 saturated heterocycles. The number of phenolic OH excluding ortho intramolecular Hbond substituents is 8. The first-order valence-corrected chi connectivity index (χ1v) is 15.9. The summed E-state index contributed by atoms with van der Waals surface area (Å²) in [5.41, 5.74) is 3.04. The van der Waals surface area contributed by atoms with Gasteiger partial charge in [-0.2, -0.15) is 0 Å². The number of rotatable bonds is 3. The fourth-order valence-electron chi connectivity index (χ4n) is 7.37. The Kier molecular flexibility index (Phi) is 6.21. The minimum Gasteiger partial charge on any atom is -0.504 e. The van der Waals surface area contributed by atoms with E-state index in [0.29, 0.717) is 33.2 Å². The molecule has 0 bridgehead atoms. The van der Waals surface area contributed by atoms with Crippen molar-refractivity contribution in [1.82, 2.24) is 0 Å². The lowest BCUT2D eigenvalue weighted by atomic mass is 9.81. The summed E-state index contributed by atoms with van der Waals surface area (Å²) >= 11 is 0. The van der Waals surface area contributed by atoms with Crippen molar-refractivity contribution in [2.45, 2.75) is 0 Å². The molecule has 0 aliphatic carbocycles. The quantitative estimate of drug-likeness (QED) is 0.0515. The van der Waals surface area contributed by atoms with Crippen LogP contribution in [0.15, 0.2) is 114 Å². The molecule has 0 aliphatic heterocycles. The van der Waals surface area contributed by atoms with E-state index in [4.69, 9.17) is 4.42 Å². The van der Waals surface area contributed by atoms with Crippen LogP contribution in [0.4, 0.5) is 0 Å². The van der Waals surface area contributed by atoms with Crippen LogP contribution in [0.25, 0.3) is 87.6 Å². The van der Waals surface area contributed by atoms with Gasteiger partial charge in [-0.25, -0.2) is 0 Å². The van der Waals surface area contributed by atoms with Crippen LogP contribution >= 0.6 is 0 Å². The number of aromatic hydroxyl groups is 8. The summed E-state index contributed by atoms with van der Waals surface area (Å²) in [6.45, 7) is 0. The zero-order chi connectivity index (χ0) is 35.3.